The fourth-order valence-electron chi connectivity index (χ4n) is 1.53. The zero-order valence-electron chi connectivity index (χ0n) is 9.37. The lowest BCUT2D eigenvalue weighted by Crippen LogP contribution is -2.00. The summed E-state index contributed by atoms with van der Waals surface area (Å²) in [5, 5.41) is 1.94. The molecule has 0 saturated carbocycles. The minimum atomic E-state index is 0.168. The van der Waals surface area contributed by atoms with Crippen LogP contribution >= 0.6 is 34.4 Å². The molecule has 0 fully saturated rings. The van der Waals surface area contributed by atoms with Gasteiger partial charge in [-0.05, 0) is 37.1 Å². The van der Waals surface area contributed by atoms with Crippen LogP contribution in [0.3, 0.4) is 0 Å². The molecule has 2 heterocycles. The van der Waals surface area contributed by atoms with E-state index >= 15 is 0 Å². The van der Waals surface area contributed by atoms with E-state index in [2.05, 4.69) is 6.92 Å². The number of carbonyl (C=O) groups is 1. The van der Waals surface area contributed by atoms with Gasteiger partial charge in [0.05, 0.1) is 14.6 Å². The van der Waals surface area contributed by atoms with Crippen molar-refractivity contribution >= 4 is 40.2 Å². The van der Waals surface area contributed by atoms with E-state index in [1.54, 1.807) is 23.1 Å². The molecule has 0 amide bonds. The van der Waals surface area contributed by atoms with Crippen molar-refractivity contribution in [1.29, 1.82) is 0 Å². The second-order valence-corrected chi connectivity index (χ2v) is 6.70. The van der Waals surface area contributed by atoms with E-state index in [0.717, 1.165) is 20.2 Å². The van der Waals surface area contributed by atoms with Gasteiger partial charge in [0, 0.05) is 4.88 Å². The van der Waals surface area contributed by atoms with E-state index in [-0.39, 0.29) is 5.78 Å². The van der Waals surface area contributed by atoms with Crippen LogP contribution in [0.15, 0.2) is 21.7 Å². The second kappa shape index (κ2) is 4.73. The van der Waals surface area contributed by atoms with Crippen LogP contribution in [0.4, 0.5) is 0 Å². The first-order valence-electron chi connectivity index (χ1n) is 4.87. The lowest BCUT2D eigenvalue weighted by molar-refractivity contribution is 0.104. The van der Waals surface area contributed by atoms with Gasteiger partial charge in [-0.1, -0.05) is 6.07 Å². The van der Waals surface area contributed by atoms with Crippen molar-refractivity contribution in [2.24, 2.45) is 0 Å². The maximum atomic E-state index is 12.3. The number of rotatable bonds is 3. The standard InChI is InChI=1S/C12H12OS3/c1-7-8(2)16-12(14-3)10(7)11(13)9-5-4-6-15-9/h4-6H,1-3H3. The van der Waals surface area contributed by atoms with E-state index in [1.807, 2.05) is 30.7 Å². The largest absolute Gasteiger partial charge is 0.288 e. The molecule has 0 N–H and O–H groups in total. The molecule has 4 heteroatoms. The van der Waals surface area contributed by atoms with Gasteiger partial charge in [0.15, 0.2) is 0 Å². The van der Waals surface area contributed by atoms with Gasteiger partial charge >= 0.3 is 0 Å². The highest BCUT2D eigenvalue weighted by Gasteiger charge is 2.20. The zero-order chi connectivity index (χ0) is 11.7. The molecule has 0 aromatic carbocycles. The van der Waals surface area contributed by atoms with E-state index in [9.17, 15) is 4.79 Å². The Hall–Kier alpha value is -0.580. The SMILES string of the molecule is CSc1sc(C)c(C)c1C(=O)c1cccs1. The van der Waals surface area contributed by atoms with E-state index in [0.29, 0.717) is 0 Å². The van der Waals surface area contributed by atoms with Crippen molar-refractivity contribution in [2.45, 2.75) is 18.1 Å². The number of aryl methyl sites for hydroxylation is 1. The normalized spacial score (nSPS) is 10.7. The van der Waals surface area contributed by atoms with E-state index in [4.69, 9.17) is 0 Å². The molecule has 2 aromatic heterocycles. The molecule has 0 saturated heterocycles. The van der Waals surface area contributed by atoms with Crippen LogP contribution in [0.2, 0.25) is 0 Å². The molecule has 2 aromatic rings. The van der Waals surface area contributed by atoms with Crippen LogP contribution in [0.5, 0.6) is 0 Å². The lowest BCUT2D eigenvalue weighted by atomic mass is 10.1. The molecule has 0 aliphatic carbocycles. The molecule has 0 radical (unpaired) electrons. The third-order valence-corrected chi connectivity index (χ3v) is 5.71. The number of thioether (sulfide) groups is 1. The Kier molecular flexibility index (Phi) is 3.52. The number of hydrogen-bond acceptors (Lipinski definition) is 4. The Morgan fingerprint density at radius 1 is 1.38 bits per heavy atom. The van der Waals surface area contributed by atoms with E-state index < -0.39 is 0 Å². The fraction of sp³-hybridized carbons (Fsp3) is 0.250. The van der Waals surface area contributed by atoms with Crippen LogP contribution in [0.25, 0.3) is 0 Å². The molecule has 1 nitrogen and oxygen atoms in total. The Morgan fingerprint density at radius 2 is 2.12 bits per heavy atom. The molecular weight excluding hydrogens is 256 g/mol. The van der Waals surface area contributed by atoms with Crippen LogP contribution < -0.4 is 0 Å². The summed E-state index contributed by atoms with van der Waals surface area (Å²) >= 11 is 4.88. The molecule has 0 aliphatic heterocycles. The molecule has 84 valence electrons. The highest BCUT2D eigenvalue weighted by atomic mass is 32.2. The smallest absolute Gasteiger partial charge is 0.205 e. The Morgan fingerprint density at radius 3 is 2.69 bits per heavy atom. The topological polar surface area (TPSA) is 17.1 Å². The molecular formula is C12H12OS3. The molecule has 0 unspecified atom stereocenters. The van der Waals surface area contributed by atoms with Gasteiger partial charge < -0.3 is 0 Å². The van der Waals surface area contributed by atoms with Gasteiger partial charge in [-0.25, -0.2) is 0 Å². The average molecular weight is 268 g/mol. The van der Waals surface area contributed by atoms with Crippen molar-refractivity contribution < 1.29 is 4.79 Å². The number of ketones is 1. The third-order valence-electron chi connectivity index (χ3n) is 2.51. The predicted octanol–water partition coefficient (Wildman–Crippen LogP) is 4.38. The zero-order valence-corrected chi connectivity index (χ0v) is 11.8. The number of thiophene rings is 2. The van der Waals surface area contributed by atoms with Gasteiger partial charge in [-0.2, -0.15) is 0 Å². The summed E-state index contributed by atoms with van der Waals surface area (Å²) in [6, 6.07) is 3.81. The second-order valence-electron chi connectivity index (χ2n) is 3.46. The maximum Gasteiger partial charge on any atom is 0.205 e. The molecule has 0 atom stereocenters. The summed E-state index contributed by atoms with van der Waals surface area (Å²) in [5.41, 5.74) is 2.03. The summed E-state index contributed by atoms with van der Waals surface area (Å²) in [5.74, 6) is 0.168. The third kappa shape index (κ3) is 1.97. The van der Waals surface area contributed by atoms with Crippen molar-refractivity contribution in [2.75, 3.05) is 6.26 Å². The van der Waals surface area contributed by atoms with Crippen LogP contribution in [0, 0.1) is 13.8 Å². The molecule has 16 heavy (non-hydrogen) atoms. The average Bonchev–Trinajstić information content (AvgIpc) is 2.88. The minimum Gasteiger partial charge on any atom is -0.288 e. The van der Waals surface area contributed by atoms with Gasteiger partial charge in [0.2, 0.25) is 5.78 Å². The summed E-state index contributed by atoms with van der Waals surface area (Å²) in [6.45, 7) is 4.11. The van der Waals surface area contributed by atoms with Gasteiger partial charge in [0.1, 0.15) is 0 Å². The Balaban J connectivity index is 2.51. The summed E-state index contributed by atoms with van der Waals surface area (Å²) in [6.07, 6.45) is 2.02. The van der Waals surface area contributed by atoms with Gasteiger partial charge in [-0.15, -0.1) is 34.4 Å². The van der Waals surface area contributed by atoms with Gasteiger partial charge in [-0.3, -0.25) is 4.79 Å². The molecule has 0 bridgehead atoms. The molecule has 0 aliphatic rings. The van der Waals surface area contributed by atoms with Crippen molar-refractivity contribution in [3.8, 4) is 0 Å². The number of carbonyl (C=O) groups excluding carboxylic acids is 1. The highest BCUT2D eigenvalue weighted by Crippen LogP contribution is 2.36. The van der Waals surface area contributed by atoms with Crippen LogP contribution in [-0.4, -0.2) is 12.0 Å². The molecule has 2 rings (SSSR count). The monoisotopic (exact) mass is 268 g/mol. The predicted molar refractivity (Wildman–Crippen MR) is 73.3 cm³/mol. The summed E-state index contributed by atoms with van der Waals surface area (Å²) in [4.78, 5) is 14.4. The molecule has 0 spiro atoms. The van der Waals surface area contributed by atoms with Crippen LogP contribution in [0.1, 0.15) is 25.7 Å². The first-order valence-corrected chi connectivity index (χ1v) is 7.79. The first kappa shape index (κ1) is 11.9. The van der Waals surface area contributed by atoms with Crippen molar-refractivity contribution in [1.82, 2.24) is 0 Å². The quantitative estimate of drug-likeness (QED) is 0.607. The van der Waals surface area contributed by atoms with Crippen LogP contribution in [-0.2, 0) is 0 Å². The summed E-state index contributed by atoms with van der Waals surface area (Å²) in [7, 11) is 0. The minimum absolute atomic E-state index is 0.168. The fourth-order valence-corrected chi connectivity index (χ4v) is 4.24. The maximum absolute atomic E-state index is 12.3. The number of hydrogen-bond donors (Lipinski definition) is 0. The van der Waals surface area contributed by atoms with Crippen molar-refractivity contribution in [3.05, 3.63) is 38.4 Å². The first-order chi connectivity index (χ1) is 7.65. The lowest BCUT2D eigenvalue weighted by Gasteiger charge is -2.00. The highest BCUT2D eigenvalue weighted by molar-refractivity contribution is 8.00. The summed E-state index contributed by atoms with van der Waals surface area (Å²) < 4.78 is 1.13. The Labute approximate surface area is 108 Å². The van der Waals surface area contributed by atoms with Gasteiger partial charge in [0.25, 0.3) is 0 Å². The Bertz CT molecular complexity index is 509. The van der Waals surface area contributed by atoms with E-state index in [1.165, 1.54) is 16.2 Å². The van der Waals surface area contributed by atoms with Crippen molar-refractivity contribution in [3.63, 3.8) is 0 Å².